The molecule has 0 saturated heterocycles. The highest BCUT2D eigenvalue weighted by molar-refractivity contribution is 7.89. The van der Waals surface area contributed by atoms with Crippen molar-refractivity contribution in [2.24, 2.45) is 0 Å². The van der Waals surface area contributed by atoms with Crippen LogP contribution in [0.3, 0.4) is 0 Å². The van der Waals surface area contributed by atoms with Gasteiger partial charge in [0.2, 0.25) is 0 Å². The molecule has 0 unspecified atom stereocenters. The number of hydrogen-bond donors (Lipinski definition) is 0. The van der Waals surface area contributed by atoms with Crippen LogP contribution in [0.5, 0.6) is 0 Å². The number of nitrogens with one attached hydrogen (secondary N) is 1. The summed E-state index contributed by atoms with van der Waals surface area (Å²) >= 11 is 0. The highest BCUT2D eigenvalue weighted by Crippen LogP contribution is 2.19. The van der Waals surface area contributed by atoms with Gasteiger partial charge in [-0.3, -0.25) is 0 Å². The molecule has 3 nitrogen and oxygen atoms in total. The van der Waals surface area contributed by atoms with Gasteiger partial charge in [-0.25, -0.2) is 8.42 Å². The molecular formula is C9H12NO2S. The van der Waals surface area contributed by atoms with E-state index in [4.69, 9.17) is 5.14 Å². The average Bonchev–Trinajstić information content (AvgIpc) is 2.01. The van der Waals surface area contributed by atoms with Crippen LogP contribution in [0.25, 0.3) is 0 Å². The molecule has 4 heteroatoms. The fourth-order valence-electron chi connectivity index (χ4n) is 1.38. The van der Waals surface area contributed by atoms with Crippen LogP contribution in [0.2, 0.25) is 0 Å². The second kappa shape index (κ2) is 3.47. The van der Waals surface area contributed by atoms with E-state index in [9.17, 15) is 8.42 Å². The maximum atomic E-state index is 11.1. The van der Waals surface area contributed by atoms with Crippen molar-refractivity contribution in [2.45, 2.75) is 25.2 Å². The Kier molecular flexibility index (Phi) is 2.73. The van der Waals surface area contributed by atoms with E-state index in [1.165, 1.54) is 0 Å². The fourth-order valence-corrected chi connectivity index (χ4v) is 2.43. The van der Waals surface area contributed by atoms with Crippen molar-refractivity contribution in [2.75, 3.05) is 0 Å². The predicted octanol–water partition coefficient (Wildman–Crippen LogP) is 1.53. The van der Waals surface area contributed by atoms with Gasteiger partial charge in [-0.2, -0.15) is 0 Å². The topological polar surface area (TPSA) is 57.9 Å². The van der Waals surface area contributed by atoms with E-state index in [1.807, 2.05) is 13.0 Å². The van der Waals surface area contributed by atoms with Crippen molar-refractivity contribution in [1.82, 2.24) is 5.14 Å². The number of rotatable bonds is 2. The summed E-state index contributed by atoms with van der Waals surface area (Å²) in [6.45, 7) is 3.59. The second-order valence-corrected chi connectivity index (χ2v) is 4.34. The van der Waals surface area contributed by atoms with Gasteiger partial charge < -0.3 is 0 Å². The van der Waals surface area contributed by atoms with Crippen LogP contribution < -0.4 is 5.14 Å². The molecule has 1 aromatic carbocycles. The van der Waals surface area contributed by atoms with E-state index in [0.717, 1.165) is 5.56 Å². The van der Waals surface area contributed by atoms with Crippen LogP contribution in [0.15, 0.2) is 23.1 Å². The molecule has 0 saturated carbocycles. The minimum Gasteiger partial charge on any atom is -0.206 e. The molecule has 1 aromatic rings. The van der Waals surface area contributed by atoms with Gasteiger partial charge >= 0.3 is 0 Å². The molecule has 0 aliphatic carbocycles. The first kappa shape index (κ1) is 10.2. The lowest BCUT2D eigenvalue weighted by molar-refractivity contribution is 0.594. The van der Waals surface area contributed by atoms with Gasteiger partial charge in [0, 0.05) is 0 Å². The first-order valence-corrected chi connectivity index (χ1v) is 5.53. The van der Waals surface area contributed by atoms with Crippen LogP contribution in [0, 0.1) is 6.92 Å². The Morgan fingerprint density at radius 1 is 1.38 bits per heavy atom. The zero-order chi connectivity index (χ0) is 10.1. The molecule has 0 aromatic heterocycles. The third-order valence-corrected chi connectivity index (χ3v) is 3.06. The molecule has 0 amide bonds. The molecule has 1 rings (SSSR count). The lowest BCUT2D eigenvalue weighted by atomic mass is 10.1. The Morgan fingerprint density at radius 2 is 2.00 bits per heavy atom. The van der Waals surface area contributed by atoms with E-state index in [-0.39, 0.29) is 4.90 Å². The molecule has 0 atom stereocenters. The first-order chi connectivity index (χ1) is 5.96. The quantitative estimate of drug-likeness (QED) is 0.723. The summed E-state index contributed by atoms with van der Waals surface area (Å²) in [7, 11) is -3.83. The van der Waals surface area contributed by atoms with E-state index < -0.39 is 10.0 Å². The van der Waals surface area contributed by atoms with Crippen molar-refractivity contribution >= 4 is 10.0 Å². The Hall–Kier alpha value is -0.870. The van der Waals surface area contributed by atoms with Gasteiger partial charge in [0.1, 0.15) is 0 Å². The minimum absolute atomic E-state index is 0.164. The molecule has 1 radical (unpaired) electrons. The van der Waals surface area contributed by atoms with E-state index >= 15 is 0 Å². The average molecular weight is 198 g/mol. The van der Waals surface area contributed by atoms with Crippen molar-refractivity contribution < 1.29 is 8.42 Å². The zero-order valence-corrected chi connectivity index (χ0v) is 8.48. The third-order valence-electron chi connectivity index (χ3n) is 1.94. The van der Waals surface area contributed by atoms with E-state index in [1.54, 1.807) is 19.1 Å². The SMILES string of the molecule is CCc1cccc(C)c1S([NH])(=O)=O. The van der Waals surface area contributed by atoms with Gasteiger partial charge in [-0.05, 0) is 24.5 Å². The summed E-state index contributed by atoms with van der Waals surface area (Å²) < 4.78 is 22.2. The molecule has 13 heavy (non-hydrogen) atoms. The van der Waals surface area contributed by atoms with E-state index in [2.05, 4.69) is 0 Å². The Balaban J connectivity index is 3.50. The number of aryl methyl sites for hydroxylation is 2. The van der Waals surface area contributed by atoms with Crippen molar-refractivity contribution in [3.05, 3.63) is 29.3 Å². The summed E-state index contributed by atoms with van der Waals surface area (Å²) in [6, 6.07) is 5.26. The highest BCUT2D eigenvalue weighted by atomic mass is 32.2. The minimum atomic E-state index is -3.83. The van der Waals surface area contributed by atoms with Gasteiger partial charge in [0.25, 0.3) is 10.0 Å². The Morgan fingerprint density at radius 3 is 2.38 bits per heavy atom. The predicted molar refractivity (Wildman–Crippen MR) is 50.8 cm³/mol. The van der Waals surface area contributed by atoms with Crippen molar-refractivity contribution in [3.8, 4) is 0 Å². The van der Waals surface area contributed by atoms with Crippen molar-refractivity contribution in [3.63, 3.8) is 0 Å². The molecule has 0 bridgehead atoms. The van der Waals surface area contributed by atoms with E-state index in [0.29, 0.717) is 12.0 Å². The molecule has 0 aliphatic rings. The van der Waals surface area contributed by atoms with Crippen LogP contribution in [-0.4, -0.2) is 8.42 Å². The monoisotopic (exact) mass is 198 g/mol. The highest BCUT2D eigenvalue weighted by Gasteiger charge is 2.15. The normalized spacial score (nSPS) is 11.6. The fraction of sp³-hybridized carbons (Fsp3) is 0.333. The number of hydrogen-bond acceptors (Lipinski definition) is 2. The number of benzene rings is 1. The van der Waals surface area contributed by atoms with Crippen LogP contribution in [0.4, 0.5) is 0 Å². The first-order valence-electron chi connectivity index (χ1n) is 4.05. The molecule has 0 fully saturated rings. The van der Waals surface area contributed by atoms with Crippen LogP contribution in [0.1, 0.15) is 18.1 Å². The summed E-state index contributed by atoms with van der Waals surface area (Å²) in [5.41, 5.74) is 1.37. The summed E-state index contributed by atoms with van der Waals surface area (Å²) in [5, 5.41) is 7.03. The largest absolute Gasteiger partial charge is 0.254 e. The Bertz CT molecular complexity index is 410. The third kappa shape index (κ3) is 2.08. The van der Waals surface area contributed by atoms with Gasteiger partial charge in [0.15, 0.2) is 0 Å². The lowest BCUT2D eigenvalue weighted by Gasteiger charge is -2.07. The standard InChI is InChI=1S/C9H12NO2S/c1-3-8-6-4-5-7(2)9(8)13(10,11)12/h4-6,10H,3H2,1-2H3. The summed E-state index contributed by atoms with van der Waals surface area (Å²) in [4.78, 5) is 0.164. The molecule has 0 aliphatic heterocycles. The molecule has 71 valence electrons. The van der Waals surface area contributed by atoms with Gasteiger partial charge in [0.05, 0.1) is 4.90 Å². The molecule has 0 heterocycles. The molecular weight excluding hydrogens is 186 g/mol. The summed E-state index contributed by atoms with van der Waals surface area (Å²) in [5.74, 6) is 0. The lowest BCUT2D eigenvalue weighted by Crippen LogP contribution is -2.06. The Labute approximate surface area is 78.6 Å². The molecule has 1 N–H and O–H groups in total. The smallest absolute Gasteiger partial charge is 0.206 e. The maximum Gasteiger partial charge on any atom is 0.254 e. The van der Waals surface area contributed by atoms with Crippen molar-refractivity contribution in [1.29, 1.82) is 0 Å². The van der Waals surface area contributed by atoms with Gasteiger partial charge in [-0.1, -0.05) is 25.1 Å². The van der Waals surface area contributed by atoms with Gasteiger partial charge in [-0.15, -0.1) is 5.14 Å². The number of sulfonamides is 1. The van der Waals surface area contributed by atoms with Crippen LogP contribution >= 0.6 is 0 Å². The summed E-state index contributed by atoms with van der Waals surface area (Å²) in [6.07, 6.45) is 0.634. The second-order valence-electron chi connectivity index (χ2n) is 2.92. The molecule has 0 spiro atoms. The zero-order valence-electron chi connectivity index (χ0n) is 7.66. The maximum absolute atomic E-state index is 11.1. The van der Waals surface area contributed by atoms with Crippen LogP contribution in [-0.2, 0) is 16.4 Å².